The first-order valence-electron chi connectivity index (χ1n) is 7.40. The largest absolute Gasteiger partial charge is 0.342 e. The second-order valence-corrected chi connectivity index (χ2v) is 7.27. The summed E-state index contributed by atoms with van der Waals surface area (Å²) < 4.78 is 0. The predicted molar refractivity (Wildman–Crippen MR) is 75.8 cm³/mol. The zero-order chi connectivity index (χ0) is 12.4. The summed E-state index contributed by atoms with van der Waals surface area (Å²) in [5, 5.41) is 3.47. The van der Waals surface area contributed by atoms with Gasteiger partial charge in [-0.05, 0) is 37.5 Å². The highest BCUT2D eigenvalue weighted by Gasteiger charge is 2.32. The number of carbonyl (C=O) groups is 1. The van der Waals surface area contributed by atoms with Crippen LogP contribution in [0.25, 0.3) is 0 Å². The Morgan fingerprint density at radius 3 is 2.33 bits per heavy atom. The van der Waals surface area contributed by atoms with E-state index in [4.69, 9.17) is 0 Å². The van der Waals surface area contributed by atoms with Gasteiger partial charge in [-0.15, -0.1) is 0 Å². The number of nitrogens with zero attached hydrogens (tertiary/aromatic N) is 1. The average Bonchev–Trinajstić information content (AvgIpc) is 3.24. The van der Waals surface area contributed by atoms with Gasteiger partial charge >= 0.3 is 0 Å². The Hall–Kier alpha value is -0.220. The topological polar surface area (TPSA) is 32.3 Å². The Balaban J connectivity index is 1.48. The molecule has 0 aromatic carbocycles. The van der Waals surface area contributed by atoms with Gasteiger partial charge in [-0.3, -0.25) is 4.79 Å². The van der Waals surface area contributed by atoms with Gasteiger partial charge in [-0.25, -0.2) is 0 Å². The van der Waals surface area contributed by atoms with E-state index < -0.39 is 0 Å². The van der Waals surface area contributed by atoms with Gasteiger partial charge < -0.3 is 10.2 Å². The molecule has 0 spiro atoms. The molecule has 1 aliphatic heterocycles. The van der Waals surface area contributed by atoms with Crippen LogP contribution in [0.5, 0.6) is 0 Å². The van der Waals surface area contributed by atoms with E-state index >= 15 is 0 Å². The predicted octanol–water partition coefficient (Wildman–Crippen LogP) is 1.73. The summed E-state index contributed by atoms with van der Waals surface area (Å²) in [4.78, 5) is 14.6. The Kier molecular flexibility index (Phi) is 4.14. The molecule has 0 bridgehead atoms. The van der Waals surface area contributed by atoms with Crippen LogP contribution in [0, 0.1) is 11.8 Å². The molecule has 3 rings (SSSR count). The van der Waals surface area contributed by atoms with E-state index in [2.05, 4.69) is 10.2 Å². The molecular formula is C14H24N2OS. The van der Waals surface area contributed by atoms with E-state index in [9.17, 15) is 4.79 Å². The smallest absolute Gasteiger partial charge is 0.224 e. The van der Waals surface area contributed by atoms with E-state index in [1.54, 1.807) is 0 Å². The van der Waals surface area contributed by atoms with Gasteiger partial charge in [0.1, 0.15) is 0 Å². The molecule has 4 heteroatoms. The van der Waals surface area contributed by atoms with Gasteiger partial charge in [0.05, 0.1) is 0 Å². The zero-order valence-electron chi connectivity index (χ0n) is 11.1. The van der Waals surface area contributed by atoms with Crippen LogP contribution in [-0.2, 0) is 4.79 Å². The van der Waals surface area contributed by atoms with Crippen LogP contribution in [-0.4, -0.2) is 48.0 Å². The van der Waals surface area contributed by atoms with Crippen LogP contribution in [0.1, 0.15) is 32.1 Å². The number of rotatable bonds is 6. The number of amides is 1. The summed E-state index contributed by atoms with van der Waals surface area (Å²) in [5.41, 5.74) is 0. The molecule has 1 heterocycles. The van der Waals surface area contributed by atoms with Gasteiger partial charge in [-0.1, -0.05) is 0 Å². The van der Waals surface area contributed by atoms with E-state index in [0.717, 1.165) is 37.2 Å². The lowest BCUT2D eigenvalue weighted by Crippen LogP contribution is -2.43. The molecule has 1 N–H and O–H groups in total. The molecule has 0 aromatic heterocycles. The van der Waals surface area contributed by atoms with Crippen LogP contribution in [0.15, 0.2) is 0 Å². The van der Waals surface area contributed by atoms with Crippen LogP contribution in [0.3, 0.4) is 0 Å². The summed E-state index contributed by atoms with van der Waals surface area (Å²) in [7, 11) is 0. The highest BCUT2D eigenvalue weighted by molar-refractivity contribution is 7.99. The van der Waals surface area contributed by atoms with Crippen LogP contribution >= 0.6 is 11.8 Å². The summed E-state index contributed by atoms with van der Waals surface area (Å²) in [6.45, 7) is 3.14. The van der Waals surface area contributed by atoms with Crippen LogP contribution < -0.4 is 5.32 Å². The molecule has 102 valence electrons. The SMILES string of the molecule is O=C(CC1CSCCN1)N(CC1CC1)CC1CC1. The molecule has 3 aliphatic rings. The summed E-state index contributed by atoms with van der Waals surface area (Å²) in [5.74, 6) is 4.34. The minimum absolute atomic E-state index is 0.397. The standard InChI is InChI=1S/C14H24N2OS/c17-14(7-13-10-18-6-5-15-13)16(8-11-1-2-11)9-12-3-4-12/h11-13,15H,1-10H2. The van der Waals surface area contributed by atoms with E-state index in [0.29, 0.717) is 18.4 Å². The van der Waals surface area contributed by atoms with Gasteiger partial charge in [0, 0.05) is 43.6 Å². The molecule has 2 aliphatic carbocycles. The number of hydrogen-bond acceptors (Lipinski definition) is 3. The molecule has 18 heavy (non-hydrogen) atoms. The van der Waals surface area contributed by atoms with Crippen molar-refractivity contribution in [3.8, 4) is 0 Å². The number of carbonyl (C=O) groups excluding carboxylic acids is 1. The third kappa shape index (κ3) is 3.89. The number of nitrogens with one attached hydrogen (secondary N) is 1. The molecule has 1 atom stereocenters. The van der Waals surface area contributed by atoms with Crippen molar-refractivity contribution in [1.29, 1.82) is 0 Å². The Labute approximate surface area is 114 Å². The monoisotopic (exact) mass is 268 g/mol. The maximum Gasteiger partial charge on any atom is 0.224 e. The fourth-order valence-corrected chi connectivity index (χ4v) is 3.54. The summed E-state index contributed by atoms with van der Waals surface area (Å²) in [6.07, 6.45) is 6.07. The fourth-order valence-electron chi connectivity index (χ4n) is 2.59. The van der Waals surface area contributed by atoms with Crippen molar-refractivity contribution in [3.63, 3.8) is 0 Å². The van der Waals surface area contributed by atoms with E-state index in [1.165, 1.54) is 31.4 Å². The molecule has 0 aromatic rings. The Morgan fingerprint density at radius 2 is 1.83 bits per heavy atom. The van der Waals surface area contributed by atoms with Crippen molar-refractivity contribution in [3.05, 3.63) is 0 Å². The third-order valence-electron chi connectivity index (χ3n) is 4.12. The first kappa shape index (κ1) is 12.8. The lowest BCUT2D eigenvalue weighted by molar-refractivity contribution is -0.132. The quantitative estimate of drug-likeness (QED) is 0.796. The van der Waals surface area contributed by atoms with Gasteiger partial charge in [0.25, 0.3) is 0 Å². The lowest BCUT2D eigenvalue weighted by Gasteiger charge is -2.27. The van der Waals surface area contributed by atoms with E-state index in [1.807, 2.05) is 11.8 Å². The number of hydrogen-bond donors (Lipinski definition) is 1. The normalized spacial score (nSPS) is 28.1. The van der Waals surface area contributed by atoms with Crippen molar-refractivity contribution >= 4 is 17.7 Å². The first-order chi connectivity index (χ1) is 8.81. The van der Waals surface area contributed by atoms with Crippen molar-refractivity contribution in [2.24, 2.45) is 11.8 Å². The summed E-state index contributed by atoms with van der Waals surface area (Å²) >= 11 is 1.98. The third-order valence-corrected chi connectivity index (χ3v) is 5.25. The van der Waals surface area contributed by atoms with Crippen molar-refractivity contribution in [2.45, 2.75) is 38.1 Å². The molecule has 3 fully saturated rings. The van der Waals surface area contributed by atoms with E-state index in [-0.39, 0.29) is 0 Å². The zero-order valence-corrected chi connectivity index (χ0v) is 11.9. The molecule has 1 unspecified atom stereocenters. The molecule has 1 amide bonds. The van der Waals surface area contributed by atoms with Crippen LogP contribution in [0.4, 0.5) is 0 Å². The average molecular weight is 268 g/mol. The molecule has 3 nitrogen and oxygen atoms in total. The Morgan fingerprint density at radius 1 is 1.17 bits per heavy atom. The number of thioether (sulfide) groups is 1. The summed E-state index contributed by atoms with van der Waals surface area (Å²) in [6, 6.07) is 0.414. The molecule has 2 saturated carbocycles. The van der Waals surface area contributed by atoms with Crippen LogP contribution in [0.2, 0.25) is 0 Å². The highest BCUT2D eigenvalue weighted by Crippen LogP contribution is 2.34. The molecular weight excluding hydrogens is 244 g/mol. The lowest BCUT2D eigenvalue weighted by atomic mass is 10.2. The maximum atomic E-state index is 12.4. The first-order valence-corrected chi connectivity index (χ1v) is 8.55. The fraction of sp³-hybridized carbons (Fsp3) is 0.929. The Bertz CT molecular complexity index is 282. The second-order valence-electron chi connectivity index (χ2n) is 6.12. The molecule has 1 saturated heterocycles. The minimum atomic E-state index is 0.397. The highest BCUT2D eigenvalue weighted by atomic mass is 32.2. The van der Waals surface area contributed by atoms with Gasteiger partial charge in [0.2, 0.25) is 5.91 Å². The van der Waals surface area contributed by atoms with Crippen molar-refractivity contribution in [2.75, 3.05) is 31.1 Å². The molecule has 0 radical (unpaired) electrons. The van der Waals surface area contributed by atoms with Crippen molar-refractivity contribution in [1.82, 2.24) is 10.2 Å². The van der Waals surface area contributed by atoms with Gasteiger partial charge in [-0.2, -0.15) is 11.8 Å². The minimum Gasteiger partial charge on any atom is -0.342 e. The second kappa shape index (κ2) is 5.83. The van der Waals surface area contributed by atoms with Gasteiger partial charge in [0.15, 0.2) is 0 Å². The maximum absolute atomic E-state index is 12.4. The van der Waals surface area contributed by atoms with Crippen molar-refractivity contribution < 1.29 is 4.79 Å².